The largest absolute Gasteiger partial charge is 0.472 e. The molecule has 0 bridgehead atoms. The Morgan fingerprint density at radius 1 is 0.364 bits per heavy atom. The number of carbonyl (C=O) groups excluding carboxylic acids is 4. The first kappa shape index (κ1) is 75.1. The summed E-state index contributed by atoms with van der Waals surface area (Å²) in [5.41, 5.74) is 0. The molecule has 0 heterocycles. The molecule has 0 aliphatic rings. The molecule has 0 spiro atoms. The summed E-state index contributed by atoms with van der Waals surface area (Å²) in [6, 6.07) is 0. The van der Waals surface area contributed by atoms with Crippen LogP contribution in [0.2, 0.25) is 0 Å². The Hall–Kier alpha value is -1.94. The van der Waals surface area contributed by atoms with Gasteiger partial charge in [-0.3, -0.25) is 37.3 Å². The molecule has 0 aliphatic heterocycles. The van der Waals surface area contributed by atoms with Gasteiger partial charge >= 0.3 is 39.5 Å². The topological polar surface area (TPSA) is 237 Å². The van der Waals surface area contributed by atoms with E-state index in [9.17, 15) is 43.2 Å². The van der Waals surface area contributed by atoms with E-state index in [2.05, 4.69) is 34.6 Å². The van der Waals surface area contributed by atoms with Crippen LogP contribution in [0, 0.1) is 5.92 Å². The summed E-state index contributed by atoms with van der Waals surface area (Å²) < 4.78 is 67.5. The molecule has 0 aliphatic carbocycles. The van der Waals surface area contributed by atoms with Crippen molar-refractivity contribution in [3.63, 3.8) is 0 Å². The van der Waals surface area contributed by atoms with Gasteiger partial charge in [0, 0.05) is 25.7 Å². The van der Waals surface area contributed by atoms with Crippen molar-refractivity contribution in [1.29, 1.82) is 0 Å². The number of aliphatic hydroxyl groups excluding tert-OH is 1. The summed E-state index contributed by atoms with van der Waals surface area (Å²) in [5.74, 6) is -1.43. The molecule has 0 aromatic heterocycles. The molecule has 0 aromatic carbocycles. The van der Waals surface area contributed by atoms with Crippen molar-refractivity contribution in [2.45, 2.75) is 303 Å². The second kappa shape index (κ2) is 52.2. The van der Waals surface area contributed by atoms with Crippen molar-refractivity contribution in [1.82, 2.24) is 0 Å². The van der Waals surface area contributed by atoms with Crippen molar-refractivity contribution in [2.24, 2.45) is 5.92 Å². The maximum Gasteiger partial charge on any atom is 0.472 e. The summed E-state index contributed by atoms with van der Waals surface area (Å²) >= 11 is 0. The second-order valence-electron chi connectivity index (χ2n) is 21.3. The third-order valence-corrected chi connectivity index (χ3v) is 15.5. The molecule has 3 N–H and O–H groups in total. The monoisotopic (exact) mass is 1140 g/mol. The molecule has 0 saturated carbocycles. The Bertz CT molecular complexity index is 1520. The van der Waals surface area contributed by atoms with E-state index in [1.165, 1.54) is 103 Å². The molecule has 3 unspecified atom stereocenters. The van der Waals surface area contributed by atoms with Crippen molar-refractivity contribution in [3.8, 4) is 0 Å². The maximum atomic E-state index is 12.9. The molecule has 6 atom stereocenters. The number of phosphoric ester groups is 2. The van der Waals surface area contributed by atoms with Crippen molar-refractivity contribution < 1.29 is 80.2 Å². The minimum absolute atomic E-state index is 0.102. The summed E-state index contributed by atoms with van der Waals surface area (Å²) in [5, 5.41) is 10.5. The zero-order valence-corrected chi connectivity index (χ0v) is 50.9. The molecule has 0 radical (unpaired) electrons. The van der Waals surface area contributed by atoms with E-state index in [1.807, 2.05) is 0 Å². The number of esters is 4. The third-order valence-electron chi connectivity index (χ3n) is 13.6. The van der Waals surface area contributed by atoms with Crippen molar-refractivity contribution in [2.75, 3.05) is 39.6 Å². The lowest BCUT2D eigenvalue weighted by Gasteiger charge is -2.21. The second-order valence-corrected chi connectivity index (χ2v) is 24.2. The average molecular weight is 1140 g/mol. The fourth-order valence-corrected chi connectivity index (χ4v) is 10.1. The lowest BCUT2D eigenvalue weighted by Crippen LogP contribution is -2.30. The fourth-order valence-electron chi connectivity index (χ4n) is 8.49. The normalized spacial score (nSPS) is 14.8. The quantitative estimate of drug-likeness (QED) is 0.0222. The van der Waals surface area contributed by atoms with Crippen LogP contribution in [0.1, 0.15) is 285 Å². The van der Waals surface area contributed by atoms with Crippen LogP contribution in [0.5, 0.6) is 0 Å². The number of rotatable bonds is 58. The van der Waals surface area contributed by atoms with E-state index >= 15 is 0 Å². The van der Waals surface area contributed by atoms with Gasteiger partial charge in [0.2, 0.25) is 0 Å². The summed E-state index contributed by atoms with van der Waals surface area (Å²) in [4.78, 5) is 71.7. The van der Waals surface area contributed by atoms with Gasteiger partial charge in [-0.25, -0.2) is 9.13 Å². The van der Waals surface area contributed by atoms with E-state index < -0.39 is 97.5 Å². The third kappa shape index (κ3) is 51.9. The minimum Gasteiger partial charge on any atom is -0.462 e. The number of hydrogen-bond donors (Lipinski definition) is 3. The lowest BCUT2D eigenvalue weighted by molar-refractivity contribution is -0.161. The van der Waals surface area contributed by atoms with Gasteiger partial charge in [-0.2, -0.15) is 0 Å². The maximum absolute atomic E-state index is 12.9. The van der Waals surface area contributed by atoms with Crippen LogP contribution in [0.25, 0.3) is 0 Å². The average Bonchev–Trinajstić information content (AvgIpc) is 3.40. The van der Waals surface area contributed by atoms with Crippen molar-refractivity contribution in [3.05, 3.63) is 0 Å². The number of hydrogen-bond acceptors (Lipinski definition) is 15. The highest BCUT2D eigenvalue weighted by Crippen LogP contribution is 2.45. The van der Waals surface area contributed by atoms with Gasteiger partial charge < -0.3 is 33.8 Å². The van der Waals surface area contributed by atoms with E-state index in [0.29, 0.717) is 25.7 Å². The fraction of sp³-hybridized carbons (Fsp3) is 0.931. The molecule has 0 fully saturated rings. The Morgan fingerprint density at radius 2 is 0.623 bits per heavy atom. The van der Waals surface area contributed by atoms with Crippen molar-refractivity contribution >= 4 is 39.5 Å². The molecule has 0 rings (SSSR count). The predicted molar refractivity (Wildman–Crippen MR) is 303 cm³/mol. The number of phosphoric acid groups is 2. The predicted octanol–water partition coefficient (Wildman–Crippen LogP) is 15.5. The first-order valence-electron chi connectivity index (χ1n) is 30.7. The zero-order chi connectivity index (χ0) is 57.1. The molecule has 456 valence electrons. The van der Waals surface area contributed by atoms with Crippen LogP contribution in [0.3, 0.4) is 0 Å². The van der Waals surface area contributed by atoms with Gasteiger partial charge in [0.15, 0.2) is 12.2 Å². The summed E-state index contributed by atoms with van der Waals surface area (Å²) in [6.07, 6.45) is 33.7. The van der Waals surface area contributed by atoms with Crippen LogP contribution < -0.4 is 0 Å². The number of ether oxygens (including phenoxy) is 4. The first-order chi connectivity index (χ1) is 37.1. The molecule has 19 heteroatoms. The molecular weight excluding hydrogens is 1030 g/mol. The number of aliphatic hydroxyl groups is 1. The van der Waals surface area contributed by atoms with Gasteiger partial charge in [0.25, 0.3) is 0 Å². The summed E-state index contributed by atoms with van der Waals surface area (Å²) in [6.45, 7) is 7.00. The van der Waals surface area contributed by atoms with Crippen LogP contribution in [-0.4, -0.2) is 96.7 Å². The lowest BCUT2D eigenvalue weighted by atomic mass is 10.00. The van der Waals surface area contributed by atoms with Crippen LogP contribution >= 0.6 is 15.6 Å². The molecule has 0 aromatic rings. The number of carbonyl (C=O) groups is 4. The zero-order valence-electron chi connectivity index (χ0n) is 49.1. The Labute approximate surface area is 467 Å². The van der Waals surface area contributed by atoms with Gasteiger partial charge in [-0.1, -0.05) is 234 Å². The molecule has 17 nitrogen and oxygen atoms in total. The number of unbranched alkanes of at least 4 members (excludes halogenated alkanes) is 29. The van der Waals surface area contributed by atoms with Gasteiger partial charge in [-0.05, 0) is 31.6 Å². The van der Waals surface area contributed by atoms with Crippen LogP contribution in [0.4, 0.5) is 0 Å². The standard InChI is InChI=1S/C58H112O17P2/c1-6-10-13-16-18-20-22-24-26-32-37-42-56(61)69-48-54(74-57(62)43-38-33-27-25-23-21-19-17-14-11-7-2)50-73-77(66,67)71-46-52(59)45-70-76(64,65)72-49-53(47-68-55(60)41-36-30-15-12-8-3)75-58(63)44-39-34-29-28-31-35-40-51(5)9-4/h51-54,59H,6-50H2,1-5H3,(H,64,65)(H,66,67)/t51?,52-,53+,54+/m0/s1. The highest BCUT2D eigenvalue weighted by Gasteiger charge is 2.30. The van der Waals surface area contributed by atoms with E-state index in [0.717, 1.165) is 102 Å². The van der Waals surface area contributed by atoms with Gasteiger partial charge in [-0.15, -0.1) is 0 Å². The highest BCUT2D eigenvalue weighted by molar-refractivity contribution is 7.47. The van der Waals surface area contributed by atoms with Crippen LogP contribution in [-0.2, 0) is 65.4 Å². The summed E-state index contributed by atoms with van der Waals surface area (Å²) in [7, 11) is -9.86. The SMILES string of the molecule is CCCCCCCCCCCCCC(=O)OC[C@H](COP(=O)(O)OC[C@@H](O)COP(=O)(O)OC[C@@H](COC(=O)CCCCCCC)OC(=O)CCCCCCCCC(C)CC)OC(=O)CCCCCCCCCCCCC. The minimum atomic E-state index is -4.93. The Morgan fingerprint density at radius 3 is 0.922 bits per heavy atom. The Kier molecular flexibility index (Phi) is 50.8. The molecular formula is C58H112O17P2. The molecule has 77 heavy (non-hydrogen) atoms. The van der Waals surface area contributed by atoms with Gasteiger partial charge in [0.1, 0.15) is 19.3 Å². The first-order valence-corrected chi connectivity index (χ1v) is 33.7. The van der Waals surface area contributed by atoms with E-state index in [4.69, 9.17) is 37.0 Å². The van der Waals surface area contributed by atoms with Gasteiger partial charge in [0.05, 0.1) is 26.4 Å². The highest BCUT2D eigenvalue weighted by atomic mass is 31.2. The smallest absolute Gasteiger partial charge is 0.462 e. The van der Waals surface area contributed by atoms with Crippen LogP contribution in [0.15, 0.2) is 0 Å². The molecule has 0 saturated heterocycles. The van der Waals surface area contributed by atoms with E-state index in [1.54, 1.807) is 0 Å². The Balaban J connectivity index is 5.19. The molecule has 0 amide bonds. The van der Waals surface area contributed by atoms with E-state index in [-0.39, 0.29) is 25.7 Å².